The Morgan fingerprint density at radius 2 is 2.00 bits per heavy atom. The van der Waals surface area contributed by atoms with Crippen LogP contribution in [0, 0.1) is 0 Å². The van der Waals surface area contributed by atoms with Gasteiger partial charge in [-0.25, -0.2) is 13.1 Å². The third-order valence-corrected chi connectivity index (χ3v) is 5.05. The van der Waals surface area contributed by atoms with Gasteiger partial charge in [-0.05, 0) is 30.5 Å². The number of hydrogen-bond acceptors (Lipinski definition) is 3. The quantitative estimate of drug-likeness (QED) is 0.891. The molecule has 1 aliphatic rings. The normalized spacial score (nSPS) is 17.2. The molecule has 2 rings (SSSR count). The van der Waals surface area contributed by atoms with Crippen LogP contribution in [0.3, 0.4) is 0 Å². The molecule has 0 aliphatic heterocycles. The van der Waals surface area contributed by atoms with Crippen LogP contribution in [0.1, 0.15) is 31.2 Å². The molecule has 100 valence electrons. The highest BCUT2D eigenvalue weighted by Crippen LogP contribution is 2.23. The molecule has 1 aromatic carbocycles. The fourth-order valence-electron chi connectivity index (χ4n) is 2.15. The van der Waals surface area contributed by atoms with E-state index in [1.165, 1.54) is 18.2 Å². The van der Waals surface area contributed by atoms with Crippen molar-refractivity contribution in [2.75, 3.05) is 0 Å². The molecule has 0 heterocycles. The zero-order chi connectivity index (χ0) is 13.2. The summed E-state index contributed by atoms with van der Waals surface area (Å²) in [4.78, 5) is 0.150. The first kappa shape index (κ1) is 13.8. The monoisotopic (exact) mass is 289 g/mol. The van der Waals surface area contributed by atoms with Crippen LogP contribution in [0.15, 0.2) is 23.1 Å². The zero-order valence-electron chi connectivity index (χ0n) is 9.89. The maximum absolute atomic E-state index is 12.1. The number of benzene rings is 1. The first-order valence-corrected chi connectivity index (χ1v) is 7.80. The van der Waals surface area contributed by atoms with Crippen LogP contribution in [0.4, 0.5) is 0 Å². The second-order valence-corrected chi connectivity index (χ2v) is 6.64. The summed E-state index contributed by atoms with van der Waals surface area (Å²) in [5.74, 6) is 0. The standard InChI is InChI=1S/C12H16ClNO3S/c13-12-7-11(6-5-9(12)8-15)18(16,17)14-10-3-1-2-4-10/h5-7,10,14-15H,1-4,8H2. The molecule has 6 heteroatoms. The third kappa shape index (κ3) is 3.03. The van der Waals surface area contributed by atoms with Crippen molar-refractivity contribution in [2.24, 2.45) is 0 Å². The topological polar surface area (TPSA) is 66.4 Å². The SMILES string of the molecule is O=S(=O)(NC1CCCC1)c1ccc(CO)c(Cl)c1. The van der Waals surface area contributed by atoms with E-state index in [1.54, 1.807) is 0 Å². The molecule has 4 nitrogen and oxygen atoms in total. The second kappa shape index (κ2) is 5.57. The summed E-state index contributed by atoms with van der Waals surface area (Å²) in [5, 5.41) is 9.26. The van der Waals surface area contributed by atoms with Gasteiger partial charge >= 0.3 is 0 Å². The van der Waals surface area contributed by atoms with Gasteiger partial charge in [-0.15, -0.1) is 0 Å². The Labute approximate surface area is 112 Å². The van der Waals surface area contributed by atoms with Gasteiger partial charge in [0.1, 0.15) is 0 Å². The first-order chi connectivity index (χ1) is 8.53. The van der Waals surface area contributed by atoms with Crippen molar-refractivity contribution in [3.63, 3.8) is 0 Å². The molecule has 1 aliphatic carbocycles. The summed E-state index contributed by atoms with van der Waals surface area (Å²) < 4.78 is 26.9. The number of nitrogens with one attached hydrogen (secondary N) is 1. The summed E-state index contributed by atoms with van der Waals surface area (Å²) >= 11 is 5.90. The summed E-state index contributed by atoms with van der Waals surface area (Å²) in [7, 11) is -3.51. The maximum atomic E-state index is 12.1. The van der Waals surface area contributed by atoms with E-state index in [-0.39, 0.29) is 22.6 Å². The lowest BCUT2D eigenvalue weighted by Gasteiger charge is -2.13. The van der Waals surface area contributed by atoms with Crippen molar-refractivity contribution < 1.29 is 13.5 Å². The fraction of sp³-hybridized carbons (Fsp3) is 0.500. The number of rotatable bonds is 4. The minimum atomic E-state index is -3.51. The zero-order valence-corrected chi connectivity index (χ0v) is 11.5. The lowest BCUT2D eigenvalue weighted by atomic mass is 10.2. The minimum Gasteiger partial charge on any atom is -0.392 e. The number of halogens is 1. The molecule has 0 amide bonds. The van der Waals surface area contributed by atoms with Gasteiger partial charge in [-0.2, -0.15) is 0 Å². The van der Waals surface area contributed by atoms with Gasteiger partial charge in [0.25, 0.3) is 0 Å². The Kier molecular flexibility index (Phi) is 4.27. The van der Waals surface area contributed by atoms with Crippen molar-refractivity contribution >= 4 is 21.6 Å². The highest BCUT2D eigenvalue weighted by Gasteiger charge is 2.23. The van der Waals surface area contributed by atoms with E-state index >= 15 is 0 Å². The molecule has 1 saturated carbocycles. The molecular formula is C12H16ClNO3S. The highest BCUT2D eigenvalue weighted by molar-refractivity contribution is 7.89. The average molecular weight is 290 g/mol. The van der Waals surface area contributed by atoms with Crippen LogP contribution in [0.2, 0.25) is 5.02 Å². The summed E-state index contributed by atoms with van der Waals surface area (Å²) in [6.07, 6.45) is 3.91. The molecule has 0 bridgehead atoms. The van der Waals surface area contributed by atoms with Crippen LogP contribution in [-0.4, -0.2) is 19.6 Å². The summed E-state index contributed by atoms with van der Waals surface area (Å²) in [5.41, 5.74) is 0.525. The fourth-order valence-corrected chi connectivity index (χ4v) is 3.79. The van der Waals surface area contributed by atoms with E-state index in [9.17, 15) is 8.42 Å². The molecule has 0 atom stereocenters. The van der Waals surface area contributed by atoms with Crippen molar-refractivity contribution in [1.82, 2.24) is 4.72 Å². The largest absolute Gasteiger partial charge is 0.392 e. The number of hydrogen-bond donors (Lipinski definition) is 2. The molecule has 0 saturated heterocycles. The smallest absolute Gasteiger partial charge is 0.240 e. The second-order valence-electron chi connectivity index (χ2n) is 4.51. The Hall–Kier alpha value is -0.620. The number of aliphatic hydroxyl groups excluding tert-OH is 1. The molecule has 1 aromatic rings. The Morgan fingerprint density at radius 3 is 2.56 bits per heavy atom. The van der Waals surface area contributed by atoms with E-state index in [1.807, 2.05) is 0 Å². The van der Waals surface area contributed by atoms with E-state index in [0.717, 1.165) is 25.7 Å². The van der Waals surface area contributed by atoms with E-state index < -0.39 is 10.0 Å². The van der Waals surface area contributed by atoms with Crippen LogP contribution < -0.4 is 4.72 Å². The van der Waals surface area contributed by atoms with Crippen molar-refractivity contribution in [2.45, 2.75) is 43.2 Å². The maximum Gasteiger partial charge on any atom is 0.240 e. The Balaban J connectivity index is 2.21. The number of aliphatic hydroxyl groups is 1. The molecular weight excluding hydrogens is 274 g/mol. The van der Waals surface area contributed by atoms with Gasteiger partial charge in [-0.1, -0.05) is 30.5 Å². The highest BCUT2D eigenvalue weighted by atomic mass is 35.5. The predicted octanol–water partition coefficient (Wildman–Crippen LogP) is 2.05. The molecule has 2 N–H and O–H groups in total. The van der Waals surface area contributed by atoms with Crippen LogP contribution in [0.25, 0.3) is 0 Å². The van der Waals surface area contributed by atoms with Crippen LogP contribution >= 0.6 is 11.6 Å². The van der Waals surface area contributed by atoms with E-state index in [0.29, 0.717) is 5.56 Å². The summed E-state index contributed by atoms with van der Waals surface area (Å²) in [6.45, 7) is -0.199. The van der Waals surface area contributed by atoms with Gasteiger partial charge in [0.05, 0.1) is 11.5 Å². The van der Waals surface area contributed by atoms with Gasteiger partial charge < -0.3 is 5.11 Å². The molecule has 0 unspecified atom stereocenters. The molecule has 1 fully saturated rings. The van der Waals surface area contributed by atoms with Gasteiger partial charge in [0.15, 0.2) is 0 Å². The third-order valence-electron chi connectivity index (χ3n) is 3.18. The average Bonchev–Trinajstić information content (AvgIpc) is 2.81. The first-order valence-electron chi connectivity index (χ1n) is 5.94. The molecule has 0 radical (unpaired) electrons. The molecule has 0 spiro atoms. The van der Waals surface area contributed by atoms with E-state index in [4.69, 9.17) is 16.7 Å². The number of sulfonamides is 1. The van der Waals surface area contributed by atoms with Gasteiger partial charge in [0.2, 0.25) is 10.0 Å². The Morgan fingerprint density at radius 1 is 1.33 bits per heavy atom. The van der Waals surface area contributed by atoms with Crippen molar-refractivity contribution in [3.8, 4) is 0 Å². The van der Waals surface area contributed by atoms with E-state index in [2.05, 4.69) is 4.72 Å². The van der Waals surface area contributed by atoms with Crippen LogP contribution in [-0.2, 0) is 16.6 Å². The lowest BCUT2D eigenvalue weighted by molar-refractivity contribution is 0.282. The summed E-state index contributed by atoms with van der Waals surface area (Å²) in [6, 6.07) is 4.41. The molecule has 0 aromatic heterocycles. The minimum absolute atomic E-state index is 0.0336. The van der Waals surface area contributed by atoms with Gasteiger partial charge in [0, 0.05) is 11.1 Å². The molecule has 18 heavy (non-hydrogen) atoms. The van der Waals surface area contributed by atoms with Crippen molar-refractivity contribution in [1.29, 1.82) is 0 Å². The lowest BCUT2D eigenvalue weighted by Crippen LogP contribution is -2.32. The van der Waals surface area contributed by atoms with Crippen LogP contribution in [0.5, 0.6) is 0 Å². The predicted molar refractivity (Wildman–Crippen MR) is 70.0 cm³/mol. The Bertz CT molecular complexity index is 524. The van der Waals surface area contributed by atoms with Gasteiger partial charge in [-0.3, -0.25) is 0 Å². The van der Waals surface area contributed by atoms with Crippen molar-refractivity contribution in [3.05, 3.63) is 28.8 Å².